The molecule has 0 aliphatic carbocycles. The molecule has 1 N–H and O–H groups in total. The molecular formula is C26H28N4O3. The van der Waals surface area contributed by atoms with Crippen molar-refractivity contribution in [1.82, 2.24) is 20.0 Å². The summed E-state index contributed by atoms with van der Waals surface area (Å²) in [5, 5.41) is 6.61. The first-order chi connectivity index (χ1) is 16.1. The van der Waals surface area contributed by atoms with Crippen LogP contribution < -0.4 is 4.74 Å². The lowest BCUT2D eigenvalue weighted by atomic mass is 9.95. The number of amides is 2. The van der Waals surface area contributed by atoms with E-state index in [1.165, 1.54) is 0 Å². The molecule has 2 heterocycles. The molecular weight excluding hydrogens is 416 g/mol. The predicted octanol–water partition coefficient (Wildman–Crippen LogP) is 3.41. The second-order valence-corrected chi connectivity index (χ2v) is 8.12. The number of hydrogen-bond acceptors (Lipinski definition) is 4. The number of methoxy groups -OCH3 is 1. The minimum absolute atomic E-state index is 0.0500. The van der Waals surface area contributed by atoms with Crippen molar-refractivity contribution in [3.63, 3.8) is 0 Å². The Morgan fingerprint density at radius 2 is 1.82 bits per heavy atom. The number of ether oxygens (including phenoxy) is 1. The second kappa shape index (κ2) is 10.2. The van der Waals surface area contributed by atoms with Crippen LogP contribution in [-0.2, 0) is 11.2 Å². The molecule has 2 aromatic carbocycles. The molecule has 2 amide bonds. The SMILES string of the molecule is C=CCN1CCN(C(=O)c2ccn[nH]2)C[C@H](Cc2ccc(-c3ccc(OC)cc3)cc2)C1=O. The van der Waals surface area contributed by atoms with Gasteiger partial charge in [0.2, 0.25) is 5.91 Å². The van der Waals surface area contributed by atoms with Crippen molar-refractivity contribution in [2.45, 2.75) is 6.42 Å². The Hall–Kier alpha value is -3.87. The summed E-state index contributed by atoms with van der Waals surface area (Å²) in [6.45, 7) is 5.57. The summed E-state index contributed by atoms with van der Waals surface area (Å²) in [5.74, 6) is 0.404. The van der Waals surface area contributed by atoms with E-state index in [1.54, 1.807) is 35.2 Å². The first-order valence-electron chi connectivity index (χ1n) is 11.0. The van der Waals surface area contributed by atoms with E-state index in [-0.39, 0.29) is 17.7 Å². The van der Waals surface area contributed by atoms with Crippen LogP contribution in [-0.4, -0.2) is 65.1 Å². The van der Waals surface area contributed by atoms with Crippen LogP contribution in [0.1, 0.15) is 16.1 Å². The summed E-state index contributed by atoms with van der Waals surface area (Å²) < 4.78 is 5.23. The van der Waals surface area contributed by atoms with Crippen molar-refractivity contribution in [2.75, 3.05) is 33.3 Å². The summed E-state index contributed by atoms with van der Waals surface area (Å²) in [6, 6.07) is 17.8. The van der Waals surface area contributed by atoms with Crippen molar-refractivity contribution < 1.29 is 14.3 Å². The predicted molar refractivity (Wildman–Crippen MR) is 127 cm³/mol. The average Bonchev–Trinajstić information content (AvgIpc) is 3.35. The quantitative estimate of drug-likeness (QED) is 0.567. The normalized spacial score (nSPS) is 16.4. The molecule has 0 radical (unpaired) electrons. The topological polar surface area (TPSA) is 78.5 Å². The second-order valence-electron chi connectivity index (χ2n) is 8.12. The molecule has 1 aromatic heterocycles. The van der Waals surface area contributed by atoms with Gasteiger partial charge in [0.1, 0.15) is 11.4 Å². The smallest absolute Gasteiger partial charge is 0.271 e. The Kier molecular flexibility index (Phi) is 6.88. The summed E-state index contributed by atoms with van der Waals surface area (Å²) in [6.07, 6.45) is 3.84. The monoisotopic (exact) mass is 444 g/mol. The van der Waals surface area contributed by atoms with Gasteiger partial charge >= 0.3 is 0 Å². The van der Waals surface area contributed by atoms with Crippen LogP contribution in [0.15, 0.2) is 73.4 Å². The third-order valence-corrected chi connectivity index (χ3v) is 5.97. The summed E-state index contributed by atoms with van der Waals surface area (Å²) in [7, 11) is 1.65. The third kappa shape index (κ3) is 5.14. The molecule has 170 valence electrons. The summed E-state index contributed by atoms with van der Waals surface area (Å²) in [4.78, 5) is 29.7. The van der Waals surface area contributed by atoms with Crippen LogP contribution in [0.25, 0.3) is 11.1 Å². The number of H-pyrrole nitrogens is 1. The maximum atomic E-state index is 13.3. The molecule has 7 nitrogen and oxygen atoms in total. The number of hydrogen-bond donors (Lipinski definition) is 1. The van der Waals surface area contributed by atoms with Crippen molar-refractivity contribution in [1.29, 1.82) is 0 Å². The molecule has 1 aliphatic rings. The molecule has 4 rings (SSSR count). The minimum atomic E-state index is -0.328. The van der Waals surface area contributed by atoms with Crippen LogP contribution in [0, 0.1) is 5.92 Å². The zero-order valence-electron chi connectivity index (χ0n) is 18.7. The van der Waals surface area contributed by atoms with Gasteiger partial charge in [0.15, 0.2) is 0 Å². The molecule has 7 heteroatoms. The first-order valence-corrected chi connectivity index (χ1v) is 11.0. The maximum Gasteiger partial charge on any atom is 0.271 e. The molecule has 0 bridgehead atoms. The lowest BCUT2D eigenvalue weighted by Gasteiger charge is -2.23. The van der Waals surface area contributed by atoms with Gasteiger partial charge < -0.3 is 14.5 Å². The highest BCUT2D eigenvalue weighted by molar-refractivity contribution is 5.93. The van der Waals surface area contributed by atoms with Gasteiger partial charge in [-0.3, -0.25) is 14.7 Å². The highest BCUT2D eigenvalue weighted by Gasteiger charge is 2.32. The van der Waals surface area contributed by atoms with Gasteiger partial charge in [0, 0.05) is 32.4 Å². The average molecular weight is 445 g/mol. The Morgan fingerprint density at radius 1 is 1.12 bits per heavy atom. The van der Waals surface area contributed by atoms with E-state index in [2.05, 4.69) is 41.0 Å². The number of benzene rings is 2. The van der Waals surface area contributed by atoms with E-state index in [9.17, 15) is 9.59 Å². The number of nitrogens with one attached hydrogen (secondary N) is 1. The highest BCUT2D eigenvalue weighted by atomic mass is 16.5. The van der Waals surface area contributed by atoms with Gasteiger partial charge in [-0.1, -0.05) is 42.5 Å². The van der Waals surface area contributed by atoms with Crippen molar-refractivity contribution in [2.24, 2.45) is 5.92 Å². The lowest BCUT2D eigenvalue weighted by Crippen LogP contribution is -2.38. The Morgan fingerprint density at radius 3 is 2.42 bits per heavy atom. The number of carbonyl (C=O) groups excluding carboxylic acids is 2. The number of carbonyl (C=O) groups is 2. The van der Waals surface area contributed by atoms with Gasteiger partial charge in [-0.25, -0.2) is 0 Å². The molecule has 0 spiro atoms. The molecule has 33 heavy (non-hydrogen) atoms. The van der Waals surface area contributed by atoms with Gasteiger partial charge in [0.05, 0.1) is 13.0 Å². The lowest BCUT2D eigenvalue weighted by molar-refractivity contribution is -0.134. The largest absolute Gasteiger partial charge is 0.497 e. The van der Waals surface area contributed by atoms with E-state index in [0.29, 0.717) is 38.3 Å². The Bertz CT molecular complexity index is 1090. The van der Waals surface area contributed by atoms with E-state index in [1.807, 2.05) is 24.3 Å². The van der Waals surface area contributed by atoms with Gasteiger partial charge in [-0.2, -0.15) is 5.10 Å². The van der Waals surface area contributed by atoms with Crippen molar-refractivity contribution in [3.05, 3.63) is 84.7 Å². The van der Waals surface area contributed by atoms with Crippen LogP contribution in [0.3, 0.4) is 0 Å². The Labute approximate surface area is 193 Å². The van der Waals surface area contributed by atoms with Crippen LogP contribution in [0.2, 0.25) is 0 Å². The van der Waals surface area contributed by atoms with Crippen molar-refractivity contribution >= 4 is 11.8 Å². The third-order valence-electron chi connectivity index (χ3n) is 5.97. The van der Waals surface area contributed by atoms with Crippen LogP contribution in [0.4, 0.5) is 0 Å². The Balaban J connectivity index is 1.52. The highest BCUT2D eigenvalue weighted by Crippen LogP contribution is 2.24. The molecule has 1 fully saturated rings. The van der Waals surface area contributed by atoms with E-state index >= 15 is 0 Å². The van der Waals surface area contributed by atoms with Crippen LogP contribution >= 0.6 is 0 Å². The fourth-order valence-corrected chi connectivity index (χ4v) is 4.17. The van der Waals surface area contributed by atoms with E-state index in [0.717, 1.165) is 22.4 Å². The fraction of sp³-hybridized carbons (Fsp3) is 0.269. The number of rotatable bonds is 7. The molecule has 1 aliphatic heterocycles. The fourth-order valence-electron chi connectivity index (χ4n) is 4.17. The van der Waals surface area contributed by atoms with Crippen molar-refractivity contribution in [3.8, 4) is 16.9 Å². The maximum absolute atomic E-state index is 13.3. The summed E-state index contributed by atoms with van der Waals surface area (Å²) in [5.41, 5.74) is 3.68. The molecule has 1 saturated heterocycles. The first kappa shape index (κ1) is 22.3. The standard InChI is InChI=1S/C26H28N4O3/c1-3-14-29-15-16-30(26(32)24-12-13-27-28-24)18-22(25(29)31)17-19-4-6-20(7-5-19)21-8-10-23(33-2)11-9-21/h3-13,22H,1,14-18H2,2H3,(H,27,28)/t22-/m0/s1. The van der Waals surface area contributed by atoms with E-state index < -0.39 is 0 Å². The van der Waals surface area contributed by atoms with E-state index in [4.69, 9.17) is 4.74 Å². The minimum Gasteiger partial charge on any atom is -0.497 e. The summed E-state index contributed by atoms with van der Waals surface area (Å²) >= 11 is 0. The zero-order chi connectivity index (χ0) is 23.2. The van der Waals surface area contributed by atoms with Gasteiger partial charge in [-0.15, -0.1) is 6.58 Å². The number of aromatic nitrogens is 2. The molecule has 3 aromatic rings. The van der Waals surface area contributed by atoms with Gasteiger partial charge in [-0.05, 0) is 41.3 Å². The number of aromatic amines is 1. The molecule has 0 unspecified atom stereocenters. The number of nitrogens with zero attached hydrogens (tertiary/aromatic N) is 3. The molecule has 0 saturated carbocycles. The van der Waals surface area contributed by atoms with Gasteiger partial charge in [0.25, 0.3) is 5.91 Å². The zero-order valence-corrected chi connectivity index (χ0v) is 18.7. The van der Waals surface area contributed by atoms with Crippen LogP contribution in [0.5, 0.6) is 5.75 Å². The molecule has 1 atom stereocenters.